The van der Waals surface area contributed by atoms with Crippen molar-refractivity contribution in [2.24, 2.45) is 0 Å². The van der Waals surface area contributed by atoms with Crippen LogP contribution >= 0.6 is 11.6 Å². The first kappa shape index (κ1) is 12.3. The molecular formula is C13H7ClF2N2. The van der Waals surface area contributed by atoms with E-state index in [2.05, 4.69) is 5.32 Å². The van der Waals surface area contributed by atoms with Gasteiger partial charge in [0.05, 0.1) is 28.0 Å². The van der Waals surface area contributed by atoms with Gasteiger partial charge in [-0.1, -0.05) is 17.7 Å². The van der Waals surface area contributed by atoms with E-state index in [1.165, 1.54) is 30.3 Å². The van der Waals surface area contributed by atoms with Crippen LogP contribution in [-0.4, -0.2) is 0 Å². The third-order valence-corrected chi connectivity index (χ3v) is 2.64. The summed E-state index contributed by atoms with van der Waals surface area (Å²) in [7, 11) is 0. The Morgan fingerprint density at radius 1 is 1.11 bits per heavy atom. The van der Waals surface area contributed by atoms with Gasteiger partial charge in [-0.05, 0) is 30.3 Å². The number of nitriles is 1. The predicted octanol–water partition coefficient (Wildman–Crippen LogP) is 4.23. The standard InChI is InChI=1S/C13H7ClF2N2/c14-9-2-1-3-10(15)13(9)18-12-5-4-8(7-17)6-11(12)16/h1-6,18H. The van der Waals surface area contributed by atoms with Crippen molar-refractivity contribution in [1.82, 2.24) is 0 Å². The van der Waals surface area contributed by atoms with E-state index in [4.69, 9.17) is 16.9 Å². The fourth-order valence-electron chi connectivity index (χ4n) is 1.44. The van der Waals surface area contributed by atoms with Crippen LogP contribution in [-0.2, 0) is 0 Å². The second kappa shape index (κ2) is 5.03. The van der Waals surface area contributed by atoms with Crippen molar-refractivity contribution < 1.29 is 8.78 Å². The molecule has 90 valence electrons. The molecule has 2 nitrogen and oxygen atoms in total. The molecule has 0 aromatic heterocycles. The van der Waals surface area contributed by atoms with Crippen molar-refractivity contribution in [3.63, 3.8) is 0 Å². The lowest BCUT2D eigenvalue weighted by atomic mass is 10.2. The summed E-state index contributed by atoms with van der Waals surface area (Å²) >= 11 is 5.81. The third-order valence-electron chi connectivity index (χ3n) is 2.32. The Morgan fingerprint density at radius 3 is 2.50 bits per heavy atom. The van der Waals surface area contributed by atoms with Gasteiger partial charge in [-0.15, -0.1) is 0 Å². The molecule has 0 bridgehead atoms. The smallest absolute Gasteiger partial charge is 0.148 e. The van der Waals surface area contributed by atoms with E-state index in [1.807, 2.05) is 6.07 Å². The lowest BCUT2D eigenvalue weighted by Gasteiger charge is -2.10. The number of nitrogens with zero attached hydrogens (tertiary/aromatic N) is 1. The number of hydrogen-bond acceptors (Lipinski definition) is 2. The molecule has 0 aliphatic carbocycles. The summed E-state index contributed by atoms with van der Waals surface area (Å²) in [6.07, 6.45) is 0. The summed E-state index contributed by atoms with van der Waals surface area (Å²) in [5, 5.41) is 11.3. The van der Waals surface area contributed by atoms with Crippen LogP contribution in [0.3, 0.4) is 0 Å². The molecule has 0 heterocycles. The van der Waals surface area contributed by atoms with Gasteiger partial charge in [-0.25, -0.2) is 8.78 Å². The Bertz CT molecular complexity index is 615. The summed E-state index contributed by atoms with van der Waals surface area (Å²) in [6, 6.07) is 9.84. The van der Waals surface area contributed by atoms with Gasteiger partial charge in [0, 0.05) is 0 Å². The average Bonchev–Trinajstić information content (AvgIpc) is 2.35. The molecule has 1 N–H and O–H groups in total. The van der Waals surface area contributed by atoms with Crippen LogP contribution in [0.2, 0.25) is 5.02 Å². The molecule has 0 atom stereocenters. The van der Waals surface area contributed by atoms with Crippen LogP contribution < -0.4 is 5.32 Å². The molecule has 0 aliphatic heterocycles. The van der Waals surface area contributed by atoms with Crippen LogP contribution in [0.4, 0.5) is 20.2 Å². The van der Waals surface area contributed by atoms with Crippen LogP contribution in [0.25, 0.3) is 0 Å². The predicted molar refractivity (Wildman–Crippen MR) is 65.8 cm³/mol. The van der Waals surface area contributed by atoms with Crippen LogP contribution in [0, 0.1) is 23.0 Å². The average molecular weight is 265 g/mol. The summed E-state index contributed by atoms with van der Waals surface area (Å²) in [6.45, 7) is 0. The molecule has 0 unspecified atom stereocenters. The van der Waals surface area contributed by atoms with Crippen molar-refractivity contribution in [3.8, 4) is 6.07 Å². The van der Waals surface area contributed by atoms with E-state index in [1.54, 1.807) is 0 Å². The minimum absolute atomic E-state index is 0.00257. The number of para-hydroxylation sites is 1. The van der Waals surface area contributed by atoms with Crippen LogP contribution in [0.15, 0.2) is 36.4 Å². The molecule has 0 spiro atoms. The second-order valence-electron chi connectivity index (χ2n) is 3.53. The lowest BCUT2D eigenvalue weighted by molar-refractivity contribution is 0.625. The molecular weight excluding hydrogens is 258 g/mol. The summed E-state index contributed by atoms with van der Waals surface area (Å²) < 4.78 is 27.1. The first-order valence-electron chi connectivity index (χ1n) is 5.02. The van der Waals surface area contributed by atoms with Crippen molar-refractivity contribution in [1.29, 1.82) is 5.26 Å². The Morgan fingerprint density at radius 2 is 1.89 bits per heavy atom. The Labute approximate surface area is 107 Å². The molecule has 0 amide bonds. The first-order valence-corrected chi connectivity index (χ1v) is 5.40. The minimum atomic E-state index is -0.645. The van der Waals surface area contributed by atoms with Gasteiger partial charge in [0.2, 0.25) is 0 Å². The maximum absolute atomic E-state index is 13.6. The second-order valence-corrected chi connectivity index (χ2v) is 3.94. The zero-order valence-electron chi connectivity index (χ0n) is 9.05. The van der Waals surface area contributed by atoms with Gasteiger partial charge in [0.25, 0.3) is 0 Å². The fraction of sp³-hybridized carbons (Fsp3) is 0. The largest absolute Gasteiger partial charge is 0.350 e. The number of halogens is 3. The highest BCUT2D eigenvalue weighted by Crippen LogP contribution is 2.29. The van der Waals surface area contributed by atoms with Gasteiger partial charge in [0.15, 0.2) is 0 Å². The van der Waals surface area contributed by atoms with E-state index in [-0.39, 0.29) is 22.0 Å². The van der Waals surface area contributed by atoms with Gasteiger partial charge in [0.1, 0.15) is 11.6 Å². The van der Waals surface area contributed by atoms with Crippen molar-refractivity contribution in [2.45, 2.75) is 0 Å². The maximum Gasteiger partial charge on any atom is 0.148 e. The first-order chi connectivity index (χ1) is 8.61. The number of benzene rings is 2. The third kappa shape index (κ3) is 2.41. The monoisotopic (exact) mass is 264 g/mol. The molecule has 2 rings (SSSR count). The molecule has 5 heteroatoms. The quantitative estimate of drug-likeness (QED) is 0.881. The number of hydrogen-bond donors (Lipinski definition) is 1. The molecule has 0 fully saturated rings. The van der Waals surface area contributed by atoms with Crippen LogP contribution in [0.5, 0.6) is 0 Å². The maximum atomic E-state index is 13.6. The molecule has 0 aliphatic rings. The number of rotatable bonds is 2. The van der Waals surface area contributed by atoms with Gasteiger partial charge in [-0.3, -0.25) is 0 Å². The molecule has 18 heavy (non-hydrogen) atoms. The van der Waals surface area contributed by atoms with E-state index < -0.39 is 11.6 Å². The molecule has 0 radical (unpaired) electrons. The summed E-state index contributed by atoms with van der Waals surface area (Å²) in [5.41, 5.74) is 0.251. The molecule has 0 saturated heterocycles. The number of nitrogens with one attached hydrogen (secondary N) is 1. The van der Waals surface area contributed by atoms with E-state index in [0.29, 0.717) is 0 Å². The number of anilines is 2. The highest BCUT2D eigenvalue weighted by Gasteiger charge is 2.10. The van der Waals surface area contributed by atoms with Gasteiger partial charge < -0.3 is 5.32 Å². The zero-order chi connectivity index (χ0) is 13.1. The highest BCUT2D eigenvalue weighted by molar-refractivity contribution is 6.33. The Hall–Kier alpha value is -2.12. The topological polar surface area (TPSA) is 35.8 Å². The Balaban J connectivity index is 2.38. The Kier molecular flexibility index (Phi) is 3.45. The van der Waals surface area contributed by atoms with Crippen molar-refractivity contribution in [2.75, 3.05) is 5.32 Å². The van der Waals surface area contributed by atoms with E-state index in [9.17, 15) is 8.78 Å². The SMILES string of the molecule is N#Cc1ccc(Nc2c(F)cccc2Cl)c(F)c1. The zero-order valence-corrected chi connectivity index (χ0v) is 9.80. The van der Waals surface area contributed by atoms with Gasteiger partial charge in [-0.2, -0.15) is 5.26 Å². The summed E-state index contributed by atoms with van der Waals surface area (Å²) in [5.74, 6) is -1.22. The highest BCUT2D eigenvalue weighted by atomic mass is 35.5. The van der Waals surface area contributed by atoms with Gasteiger partial charge >= 0.3 is 0 Å². The van der Waals surface area contributed by atoms with E-state index in [0.717, 1.165) is 6.07 Å². The lowest BCUT2D eigenvalue weighted by Crippen LogP contribution is -1.97. The van der Waals surface area contributed by atoms with E-state index >= 15 is 0 Å². The minimum Gasteiger partial charge on any atom is -0.350 e. The van der Waals surface area contributed by atoms with Crippen molar-refractivity contribution >= 4 is 23.0 Å². The van der Waals surface area contributed by atoms with Crippen LogP contribution in [0.1, 0.15) is 5.56 Å². The molecule has 2 aromatic carbocycles. The molecule has 2 aromatic rings. The normalized spacial score (nSPS) is 9.89. The molecule has 0 saturated carbocycles. The fourth-order valence-corrected chi connectivity index (χ4v) is 1.65. The van der Waals surface area contributed by atoms with Crippen molar-refractivity contribution in [3.05, 3.63) is 58.6 Å². The summed E-state index contributed by atoms with van der Waals surface area (Å²) in [4.78, 5) is 0.